The fourth-order valence-electron chi connectivity index (χ4n) is 1.16. The number of hydrogen-bond acceptors (Lipinski definition) is 4. The zero-order valence-electron chi connectivity index (χ0n) is 8.29. The molecule has 3 nitrogen and oxygen atoms in total. The normalized spacial score (nSPS) is 9.69. The van der Waals surface area contributed by atoms with Crippen LogP contribution >= 0.6 is 11.8 Å². The Balaban J connectivity index is 2.22. The predicted octanol–water partition coefficient (Wildman–Crippen LogP) is 2.81. The van der Waals surface area contributed by atoms with E-state index in [-0.39, 0.29) is 5.75 Å². The summed E-state index contributed by atoms with van der Waals surface area (Å²) in [5.74, 6) is 0.235. The third-order valence-electron chi connectivity index (χ3n) is 1.95. The molecular weight excluding hydrogens is 220 g/mol. The van der Waals surface area contributed by atoms with Gasteiger partial charge in [-0.25, -0.2) is 4.98 Å². The molecule has 2 rings (SSSR count). The lowest BCUT2D eigenvalue weighted by atomic mass is 10.3. The summed E-state index contributed by atoms with van der Waals surface area (Å²) in [4.78, 5) is 4.86. The monoisotopic (exact) mass is 228 g/mol. The molecule has 0 bridgehead atoms. The van der Waals surface area contributed by atoms with Crippen molar-refractivity contribution < 1.29 is 5.11 Å². The van der Waals surface area contributed by atoms with Gasteiger partial charge in [0.1, 0.15) is 16.8 Å². The first-order valence-corrected chi connectivity index (χ1v) is 5.43. The molecule has 1 aromatic heterocycles. The molecule has 0 aliphatic rings. The zero-order valence-corrected chi connectivity index (χ0v) is 9.11. The third kappa shape index (κ3) is 2.33. The fraction of sp³-hybridized carbons (Fsp3) is 0. The van der Waals surface area contributed by atoms with Gasteiger partial charge in [-0.2, -0.15) is 5.26 Å². The van der Waals surface area contributed by atoms with Gasteiger partial charge in [-0.05, 0) is 24.3 Å². The third-order valence-corrected chi connectivity index (χ3v) is 2.96. The van der Waals surface area contributed by atoms with Gasteiger partial charge in [0.05, 0.1) is 10.5 Å². The second-order valence-corrected chi connectivity index (χ2v) is 4.13. The number of rotatable bonds is 2. The van der Waals surface area contributed by atoms with Crippen LogP contribution in [0.15, 0.2) is 52.5 Å². The van der Waals surface area contributed by atoms with Gasteiger partial charge >= 0.3 is 0 Å². The minimum Gasteiger partial charge on any atom is -0.507 e. The molecule has 2 aromatic rings. The smallest absolute Gasteiger partial charge is 0.129 e. The van der Waals surface area contributed by atoms with Crippen LogP contribution in [0.5, 0.6) is 5.75 Å². The summed E-state index contributed by atoms with van der Waals surface area (Å²) < 4.78 is 0. The Kier molecular flexibility index (Phi) is 3.08. The first kappa shape index (κ1) is 10.5. The molecule has 0 fully saturated rings. The summed E-state index contributed by atoms with van der Waals surface area (Å²) in [6.45, 7) is 0. The Morgan fingerprint density at radius 3 is 2.62 bits per heavy atom. The molecule has 78 valence electrons. The molecule has 0 saturated carbocycles. The van der Waals surface area contributed by atoms with Crippen molar-refractivity contribution in [1.29, 1.82) is 5.26 Å². The lowest BCUT2D eigenvalue weighted by Gasteiger charge is -2.02. The number of phenolic OH excluding ortho intramolecular Hbond substituents is 1. The van der Waals surface area contributed by atoms with E-state index >= 15 is 0 Å². The zero-order chi connectivity index (χ0) is 11.4. The number of phenols is 1. The van der Waals surface area contributed by atoms with Gasteiger partial charge in [-0.3, -0.25) is 0 Å². The Hall–Kier alpha value is -1.99. The van der Waals surface area contributed by atoms with Crippen LogP contribution in [0.3, 0.4) is 0 Å². The summed E-state index contributed by atoms with van der Waals surface area (Å²) >= 11 is 1.36. The minimum atomic E-state index is 0.235. The lowest BCUT2D eigenvalue weighted by Crippen LogP contribution is -1.81. The molecule has 1 aromatic carbocycles. The second-order valence-electron chi connectivity index (χ2n) is 3.07. The molecule has 0 radical (unpaired) electrons. The predicted molar refractivity (Wildman–Crippen MR) is 61.2 cm³/mol. The molecular formula is C12H8N2OS. The average molecular weight is 228 g/mol. The van der Waals surface area contributed by atoms with E-state index in [2.05, 4.69) is 4.98 Å². The Labute approximate surface area is 97.4 Å². The molecule has 1 heterocycles. The number of aromatic hydroxyl groups is 1. The van der Waals surface area contributed by atoms with E-state index in [0.29, 0.717) is 5.56 Å². The van der Waals surface area contributed by atoms with E-state index in [9.17, 15) is 5.11 Å². The summed E-state index contributed by atoms with van der Waals surface area (Å²) in [7, 11) is 0. The summed E-state index contributed by atoms with van der Waals surface area (Å²) in [5, 5.41) is 18.9. The molecule has 0 amide bonds. The maximum atomic E-state index is 9.57. The fourth-order valence-corrected chi connectivity index (χ4v) is 1.95. The number of nitriles is 1. The van der Waals surface area contributed by atoms with Gasteiger partial charge in [-0.15, -0.1) is 0 Å². The molecule has 0 spiro atoms. The van der Waals surface area contributed by atoms with Crippen LogP contribution in [0.4, 0.5) is 0 Å². The van der Waals surface area contributed by atoms with Crippen molar-refractivity contribution in [2.24, 2.45) is 0 Å². The van der Waals surface area contributed by atoms with Crippen molar-refractivity contribution in [3.8, 4) is 11.8 Å². The molecule has 1 N–H and O–H groups in total. The van der Waals surface area contributed by atoms with Gasteiger partial charge in [0.25, 0.3) is 0 Å². The van der Waals surface area contributed by atoms with Gasteiger partial charge in [0.15, 0.2) is 0 Å². The SMILES string of the molecule is N#Cc1ccc(Sc2ccccc2O)nc1. The van der Waals surface area contributed by atoms with Gasteiger partial charge < -0.3 is 5.11 Å². The van der Waals surface area contributed by atoms with Crippen molar-refractivity contribution in [3.05, 3.63) is 48.2 Å². The highest BCUT2D eigenvalue weighted by Crippen LogP contribution is 2.32. The lowest BCUT2D eigenvalue weighted by molar-refractivity contribution is 0.462. The standard InChI is InChI=1S/C12H8N2OS/c13-7-9-5-6-12(14-8-9)16-11-4-2-1-3-10(11)15/h1-6,8,15H. The first-order valence-electron chi connectivity index (χ1n) is 4.61. The van der Waals surface area contributed by atoms with E-state index in [1.54, 1.807) is 24.3 Å². The van der Waals surface area contributed by atoms with Crippen LogP contribution in [-0.2, 0) is 0 Å². The van der Waals surface area contributed by atoms with Crippen LogP contribution in [0.2, 0.25) is 0 Å². The molecule has 0 aliphatic carbocycles. The topological polar surface area (TPSA) is 56.9 Å². The quantitative estimate of drug-likeness (QED) is 0.858. The number of benzene rings is 1. The number of para-hydroxylation sites is 1. The maximum Gasteiger partial charge on any atom is 0.129 e. The van der Waals surface area contributed by atoms with E-state index < -0.39 is 0 Å². The van der Waals surface area contributed by atoms with E-state index in [4.69, 9.17) is 5.26 Å². The molecule has 0 saturated heterocycles. The highest BCUT2D eigenvalue weighted by atomic mass is 32.2. The van der Waals surface area contributed by atoms with Crippen molar-refractivity contribution >= 4 is 11.8 Å². The molecule has 0 atom stereocenters. The molecule has 0 unspecified atom stereocenters. The van der Waals surface area contributed by atoms with E-state index in [0.717, 1.165) is 9.92 Å². The minimum absolute atomic E-state index is 0.235. The summed E-state index contributed by atoms with van der Waals surface area (Å²) in [5.41, 5.74) is 0.529. The number of hydrogen-bond donors (Lipinski definition) is 1. The van der Waals surface area contributed by atoms with Crippen molar-refractivity contribution in [1.82, 2.24) is 4.98 Å². The average Bonchev–Trinajstić information content (AvgIpc) is 2.33. The van der Waals surface area contributed by atoms with E-state index in [1.165, 1.54) is 18.0 Å². The Bertz CT molecular complexity index is 531. The van der Waals surface area contributed by atoms with Crippen molar-refractivity contribution in [2.45, 2.75) is 9.92 Å². The Morgan fingerprint density at radius 2 is 2.00 bits per heavy atom. The number of aromatic nitrogens is 1. The summed E-state index contributed by atoms with van der Waals surface area (Å²) in [6.07, 6.45) is 1.52. The maximum absolute atomic E-state index is 9.57. The van der Waals surface area contributed by atoms with Crippen molar-refractivity contribution in [2.75, 3.05) is 0 Å². The Morgan fingerprint density at radius 1 is 1.19 bits per heavy atom. The first-order chi connectivity index (χ1) is 7.79. The highest BCUT2D eigenvalue weighted by Gasteiger charge is 2.03. The number of nitrogens with zero attached hydrogens (tertiary/aromatic N) is 2. The largest absolute Gasteiger partial charge is 0.507 e. The molecule has 0 aliphatic heterocycles. The summed E-state index contributed by atoms with van der Waals surface area (Å²) in [6, 6.07) is 12.5. The van der Waals surface area contributed by atoms with Gasteiger partial charge in [0.2, 0.25) is 0 Å². The van der Waals surface area contributed by atoms with Crippen LogP contribution in [0.1, 0.15) is 5.56 Å². The van der Waals surface area contributed by atoms with Gasteiger partial charge in [-0.1, -0.05) is 23.9 Å². The van der Waals surface area contributed by atoms with Crippen LogP contribution in [-0.4, -0.2) is 10.1 Å². The second kappa shape index (κ2) is 4.69. The van der Waals surface area contributed by atoms with Crippen molar-refractivity contribution in [3.63, 3.8) is 0 Å². The van der Waals surface area contributed by atoms with Crippen LogP contribution in [0, 0.1) is 11.3 Å². The van der Waals surface area contributed by atoms with E-state index in [1.807, 2.05) is 18.2 Å². The molecule has 16 heavy (non-hydrogen) atoms. The van der Waals surface area contributed by atoms with Crippen LogP contribution in [0.25, 0.3) is 0 Å². The highest BCUT2D eigenvalue weighted by molar-refractivity contribution is 7.99. The number of pyridine rings is 1. The van der Waals surface area contributed by atoms with Gasteiger partial charge in [0, 0.05) is 6.20 Å². The van der Waals surface area contributed by atoms with Crippen LogP contribution < -0.4 is 0 Å². The molecule has 4 heteroatoms.